The summed E-state index contributed by atoms with van der Waals surface area (Å²) in [6, 6.07) is 11.5. The van der Waals surface area contributed by atoms with Crippen LogP contribution < -0.4 is 14.8 Å². The number of nitrogens with zero attached hydrogens (tertiary/aromatic N) is 2. The molecule has 0 aliphatic heterocycles. The second-order valence-electron chi connectivity index (χ2n) is 5.99. The number of benzene rings is 2. The number of nitrogens with one attached hydrogen (secondary N) is 1. The van der Waals surface area contributed by atoms with E-state index in [1.54, 1.807) is 43.3 Å². The lowest BCUT2D eigenvalue weighted by atomic mass is 10.2. The molecule has 0 saturated heterocycles. The monoisotopic (exact) mass is 383 g/mol. The van der Waals surface area contributed by atoms with E-state index >= 15 is 0 Å². The summed E-state index contributed by atoms with van der Waals surface area (Å²) in [7, 11) is 0. The highest BCUT2D eigenvalue weighted by molar-refractivity contribution is 6.05. The van der Waals surface area contributed by atoms with Gasteiger partial charge in [-0.2, -0.15) is 5.10 Å². The molecule has 1 heterocycles. The standard InChI is InChI=1S/C21H22FN3O3/c1-4-27-19-11-10-15(12-20(19)28-5-2)24-21(26)16-13-23-25(14(16)3)18-9-7-6-8-17(18)22/h6-13H,4-5H2,1-3H3,(H,24,26). The molecule has 0 bridgehead atoms. The van der Waals surface area contributed by atoms with Crippen molar-refractivity contribution in [1.82, 2.24) is 9.78 Å². The summed E-state index contributed by atoms with van der Waals surface area (Å²) in [6.45, 7) is 6.48. The third-order valence-corrected chi connectivity index (χ3v) is 4.14. The van der Waals surface area contributed by atoms with Crippen LogP contribution in [0, 0.1) is 12.7 Å². The van der Waals surface area contributed by atoms with E-state index in [4.69, 9.17) is 9.47 Å². The fourth-order valence-corrected chi connectivity index (χ4v) is 2.83. The fourth-order valence-electron chi connectivity index (χ4n) is 2.83. The molecule has 0 spiro atoms. The Bertz CT molecular complexity index is 985. The maximum absolute atomic E-state index is 14.0. The van der Waals surface area contributed by atoms with Crippen LogP contribution in [0.1, 0.15) is 29.9 Å². The van der Waals surface area contributed by atoms with Crippen molar-refractivity contribution < 1.29 is 18.7 Å². The number of hydrogen-bond acceptors (Lipinski definition) is 4. The molecule has 1 aromatic heterocycles. The summed E-state index contributed by atoms with van der Waals surface area (Å²) in [4.78, 5) is 12.7. The molecule has 0 fully saturated rings. The van der Waals surface area contributed by atoms with Crippen molar-refractivity contribution in [3.63, 3.8) is 0 Å². The largest absolute Gasteiger partial charge is 0.490 e. The summed E-state index contributed by atoms with van der Waals surface area (Å²) in [5.74, 6) is 0.423. The van der Waals surface area contributed by atoms with Crippen LogP contribution in [0.5, 0.6) is 11.5 Å². The van der Waals surface area contributed by atoms with Crippen LogP contribution >= 0.6 is 0 Å². The number of anilines is 1. The topological polar surface area (TPSA) is 65.4 Å². The first-order valence-corrected chi connectivity index (χ1v) is 9.05. The van der Waals surface area contributed by atoms with Crippen LogP contribution in [-0.2, 0) is 0 Å². The van der Waals surface area contributed by atoms with Crippen LogP contribution in [0.25, 0.3) is 5.69 Å². The maximum Gasteiger partial charge on any atom is 0.259 e. The molecule has 3 aromatic rings. The quantitative estimate of drug-likeness (QED) is 0.658. The van der Waals surface area contributed by atoms with Crippen molar-refractivity contribution in [3.05, 3.63) is 65.7 Å². The van der Waals surface area contributed by atoms with E-state index in [0.29, 0.717) is 47.3 Å². The van der Waals surface area contributed by atoms with Gasteiger partial charge in [0, 0.05) is 11.8 Å². The van der Waals surface area contributed by atoms with E-state index < -0.39 is 5.82 Å². The second kappa shape index (κ2) is 8.56. The molecule has 0 aliphatic rings. The molecule has 2 aromatic carbocycles. The van der Waals surface area contributed by atoms with Crippen molar-refractivity contribution in [2.45, 2.75) is 20.8 Å². The van der Waals surface area contributed by atoms with Crippen molar-refractivity contribution in [1.29, 1.82) is 0 Å². The first-order chi connectivity index (χ1) is 13.5. The average Bonchev–Trinajstić information content (AvgIpc) is 3.06. The van der Waals surface area contributed by atoms with Gasteiger partial charge in [-0.05, 0) is 45.0 Å². The van der Waals surface area contributed by atoms with Gasteiger partial charge >= 0.3 is 0 Å². The molecular weight excluding hydrogens is 361 g/mol. The lowest BCUT2D eigenvalue weighted by Gasteiger charge is -2.13. The lowest BCUT2D eigenvalue weighted by molar-refractivity contribution is 0.102. The molecule has 3 rings (SSSR count). The molecule has 0 aliphatic carbocycles. The van der Waals surface area contributed by atoms with Crippen molar-refractivity contribution in [2.24, 2.45) is 0 Å². The van der Waals surface area contributed by atoms with Crippen molar-refractivity contribution in [2.75, 3.05) is 18.5 Å². The molecule has 0 radical (unpaired) electrons. The minimum Gasteiger partial charge on any atom is -0.490 e. The van der Waals surface area contributed by atoms with E-state index in [-0.39, 0.29) is 5.91 Å². The Kier molecular flexibility index (Phi) is 5.93. The van der Waals surface area contributed by atoms with Gasteiger partial charge in [0.15, 0.2) is 11.5 Å². The predicted octanol–water partition coefficient (Wildman–Crippen LogP) is 4.37. The molecule has 6 nitrogen and oxygen atoms in total. The van der Waals surface area contributed by atoms with Gasteiger partial charge in [0.2, 0.25) is 0 Å². The first-order valence-electron chi connectivity index (χ1n) is 9.05. The number of amides is 1. The maximum atomic E-state index is 14.0. The minimum absolute atomic E-state index is 0.291. The summed E-state index contributed by atoms with van der Waals surface area (Å²) >= 11 is 0. The molecule has 0 atom stereocenters. The third kappa shape index (κ3) is 3.98. The molecule has 0 unspecified atom stereocenters. The third-order valence-electron chi connectivity index (χ3n) is 4.14. The van der Waals surface area contributed by atoms with Gasteiger partial charge in [0.05, 0.1) is 30.7 Å². The van der Waals surface area contributed by atoms with E-state index in [2.05, 4.69) is 10.4 Å². The highest BCUT2D eigenvalue weighted by Crippen LogP contribution is 2.31. The number of ether oxygens (including phenoxy) is 2. The summed E-state index contributed by atoms with van der Waals surface area (Å²) in [6.07, 6.45) is 1.43. The lowest BCUT2D eigenvalue weighted by Crippen LogP contribution is -2.13. The second-order valence-corrected chi connectivity index (χ2v) is 5.99. The summed E-state index contributed by atoms with van der Waals surface area (Å²) in [5, 5.41) is 6.99. The van der Waals surface area contributed by atoms with E-state index in [0.717, 1.165) is 0 Å². The van der Waals surface area contributed by atoms with Gasteiger partial charge < -0.3 is 14.8 Å². The van der Waals surface area contributed by atoms with E-state index in [1.165, 1.54) is 16.9 Å². The van der Waals surface area contributed by atoms with Crippen LogP contribution in [0.2, 0.25) is 0 Å². The molecule has 146 valence electrons. The summed E-state index contributed by atoms with van der Waals surface area (Å²) in [5.41, 5.74) is 1.75. The Hall–Kier alpha value is -3.35. The molecular formula is C21H22FN3O3. The van der Waals surface area contributed by atoms with Gasteiger partial charge in [-0.3, -0.25) is 4.79 Å². The Balaban J connectivity index is 1.84. The molecule has 28 heavy (non-hydrogen) atoms. The number of hydrogen-bond donors (Lipinski definition) is 1. The highest BCUT2D eigenvalue weighted by atomic mass is 19.1. The Morgan fingerprint density at radius 2 is 1.82 bits per heavy atom. The van der Waals surface area contributed by atoms with Crippen molar-refractivity contribution in [3.8, 4) is 17.2 Å². The molecule has 1 N–H and O–H groups in total. The van der Waals surface area contributed by atoms with Crippen LogP contribution in [-0.4, -0.2) is 28.9 Å². The van der Waals surface area contributed by atoms with Crippen LogP contribution in [0.3, 0.4) is 0 Å². The first kappa shape index (κ1) is 19.4. The normalized spacial score (nSPS) is 10.6. The number of carbonyl (C=O) groups excluding carboxylic acids is 1. The number of halogens is 1. The number of carbonyl (C=O) groups is 1. The average molecular weight is 383 g/mol. The fraction of sp³-hybridized carbons (Fsp3) is 0.238. The SMILES string of the molecule is CCOc1ccc(NC(=O)c2cnn(-c3ccccc3F)c2C)cc1OCC. The number of para-hydroxylation sites is 1. The van der Waals surface area contributed by atoms with E-state index in [9.17, 15) is 9.18 Å². The predicted molar refractivity (Wildman–Crippen MR) is 105 cm³/mol. The zero-order valence-electron chi connectivity index (χ0n) is 16.0. The molecule has 1 amide bonds. The van der Waals surface area contributed by atoms with Gasteiger partial charge in [-0.1, -0.05) is 12.1 Å². The number of aromatic nitrogens is 2. The highest BCUT2D eigenvalue weighted by Gasteiger charge is 2.17. The zero-order valence-corrected chi connectivity index (χ0v) is 16.0. The van der Waals surface area contributed by atoms with Gasteiger partial charge in [-0.15, -0.1) is 0 Å². The van der Waals surface area contributed by atoms with Crippen molar-refractivity contribution >= 4 is 11.6 Å². The Labute approximate surface area is 162 Å². The smallest absolute Gasteiger partial charge is 0.259 e. The zero-order chi connectivity index (χ0) is 20.1. The van der Waals surface area contributed by atoms with E-state index in [1.807, 2.05) is 13.8 Å². The number of rotatable bonds is 7. The van der Waals surface area contributed by atoms with Crippen LogP contribution in [0.4, 0.5) is 10.1 Å². The minimum atomic E-state index is -0.409. The molecule has 7 heteroatoms. The van der Waals surface area contributed by atoms with Gasteiger partial charge in [0.1, 0.15) is 11.5 Å². The summed E-state index contributed by atoms with van der Waals surface area (Å²) < 4.78 is 26.6. The Morgan fingerprint density at radius 3 is 2.54 bits per heavy atom. The molecule has 0 saturated carbocycles. The van der Waals surface area contributed by atoms with Crippen LogP contribution in [0.15, 0.2) is 48.7 Å². The Morgan fingerprint density at radius 1 is 1.11 bits per heavy atom. The van der Waals surface area contributed by atoms with Gasteiger partial charge in [-0.25, -0.2) is 9.07 Å². The van der Waals surface area contributed by atoms with Gasteiger partial charge in [0.25, 0.3) is 5.91 Å².